The van der Waals surface area contributed by atoms with Gasteiger partial charge in [0.1, 0.15) is 0 Å². The van der Waals surface area contributed by atoms with E-state index < -0.39 is 5.41 Å². The quantitative estimate of drug-likeness (QED) is 0.810. The molecule has 2 heterocycles. The SMILES string of the molecule is CCOC(=O)C1(C)CCN(c2ccnc3cc(Cl)ccc23)C1. The van der Waals surface area contributed by atoms with E-state index in [4.69, 9.17) is 16.3 Å². The number of pyridine rings is 1. The molecule has 22 heavy (non-hydrogen) atoms. The number of esters is 1. The summed E-state index contributed by atoms with van der Waals surface area (Å²) in [5, 5.41) is 1.73. The molecule has 0 saturated carbocycles. The fourth-order valence-electron chi connectivity index (χ4n) is 3.02. The second kappa shape index (κ2) is 5.76. The number of hydrogen-bond donors (Lipinski definition) is 0. The first-order valence-electron chi connectivity index (χ1n) is 7.50. The molecular weight excluding hydrogens is 300 g/mol. The van der Waals surface area contributed by atoms with Gasteiger partial charge in [0.25, 0.3) is 0 Å². The Hall–Kier alpha value is -1.81. The molecular formula is C17H19ClN2O2. The largest absolute Gasteiger partial charge is 0.466 e. The van der Waals surface area contributed by atoms with Crippen molar-refractivity contribution in [3.05, 3.63) is 35.5 Å². The zero-order chi connectivity index (χ0) is 15.7. The molecule has 1 unspecified atom stereocenters. The summed E-state index contributed by atoms with van der Waals surface area (Å²) in [6.45, 7) is 5.73. The van der Waals surface area contributed by atoms with Gasteiger partial charge in [0.05, 0.1) is 17.5 Å². The van der Waals surface area contributed by atoms with Gasteiger partial charge in [0.2, 0.25) is 0 Å². The number of anilines is 1. The third kappa shape index (κ3) is 2.63. The average molecular weight is 319 g/mol. The van der Waals surface area contributed by atoms with Gasteiger partial charge >= 0.3 is 5.97 Å². The summed E-state index contributed by atoms with van der Waals surface area (Å²) in [6.07, 6.45) is 2.58. The summed E-state index contributed by atoms with van der Waals surface area (Å²) >= 11 is 6.04. The number of benzene rings is 1. The van der Waals surface area contributed by atoms with Gasteiger partial charge in [0, 0.05) is 35.4 Å². The van der Waals surface area contributed by atoms with Gasteiger partial charge in [0.15, 0.2) is 0 Å². The highest BCUT2D eigenvalue weighted by atomic mass is 35.5. The Balaban J connectivity index is 1.92. The molecule has 2 aromatic rings. The highest BCUT2D eigenvalue weighted by molar-refractivity contribution is 6.31. The molecule has 0 radical (unpaired) electrons. The van der Waals surface area contributed by atoms with E-state index in [1.165, 1.54) is 0 Å². The van der Waals surface area contributed by atoms with Crippen LogP contribution in [-0.2, 0) is 9.53 Å². The van der Waals surface area contributed by atoms with E-state index in [2.05, 4.69) is 9.88 Å². The Bertz CT molecular complexity index is 719. The van der Waals surface area contributed by atoms with Crippen molar-refractivity contribution < 1.29 is 9.53 Å². The lowest BCUT2D eigenvalue weighted by molar-refractivity contribution is -0.153. The van der Waals surface area contributed by atoms with Crippen LogP contribution in [0.2, 0.25) is 5.02 Å². The van der Waals surface area contributed by atoms with Crippen molar-refractivity contribution in [3.63, 3.8) is 0 Å². The third-order valence-electron chi connectivity index (χ3n) is 4.26. The Morgan fingerprint density at radius 1 is 1.45 bits per heavy atom. The summed E-state index contributed by atoms with van der Waals surface area (Å²) in [7, 11) is 0. The lowest BCUT2D eigenvalue weighted by Gasteiger charge is -2.24. The zero-order valence-corrected chi connectivity index (χ0v) is 13.6. The molecule has 0 amide bonds. The molecule has 1 aromatic heterocycles. The van der Waals surface area contributed by atoms with Crippen molar-refractivity contribution >= 4 is 34.2 Å². The molecule has 3 rings (SSSR count). The molecule has 0 aliphatic carbocycles. The first-order chi connectivity index (χ1) is 10.5. The number of nitrogens with zero attached hydrogens (tertiary/aromatic N) is 2. The number of hydrogen-bond acceptors (Lipinski definition) is 4. The topological polar surface area (TPSA) is 42.4 Å². The lowest BCUT2D eigenvalue weighted by atomic mass is 9.90. The molecule has 1 atom stereocenters. The van der Waals surface area contributed by atoms with Gasteiger partial charge in [-0.3, -0.25) is 9.78 Å². The summed E-state index contributed by atoms with van der Waals surface area (Å²) < 4.78 is 5.22. The number of carbonyl (C=O) groups is 1. The van der Waals surface area contributed by atoms with E-state index in [1.54, 1.807) is 6.20 Å². The summed E-state index contributed by atoms with van der Waals surface area (Å²) in [6, 6.07) is 7.71. The number of rotatable bonds is 3. The van der Waals surface area contributed by atoms with E-state index in [0.29, 0.717) is 18.2 Å². The van der Waals surface area contributed by atoms with Crippen molar-refractivity contribution in [2.24, 2.45) is 5.41 Å². The van der Waals surface area contributed by atoms with E-state index >= 15 is 0 Å². The maximum Gasteiger partial charge on any atom is 0.313 e. The van der Waals surface area contributed by atoms with E-state index in [-0.39, 0.29) is 5.97 Å². The van der Waals surface area contributed by atoms with Gasteiger partial charge in [-0.1, -0.05) is 11.6 Å². The minimum absolute atomic E-state index is 0.112. The van der Waals surface area contributed by atoms with E-state index in [0.717, 1.165) is 29.6 Å². The molecule has 4 nitrogen and oxygen atoms in total. The molecule has 0 bridgehead atoms. The van der Waals surface area contributed by atoms with Crippen LogP contribution in [0.25, 0.3) is 10.9 Å². The van der Waals surface area contributed by atoms with Crippen LogP contribution < -0.4 is 4.90 Å². The number of fused-ring (bicyclic) bond motifs is 1. The summed E-state index contributed by atoms with van der Waals surface area (Å²) in [4.78, 5) is 18.8. The van der Waals surface area contributed by atoms with Crippen LogP contribution >= 0.6 is 11.6 Å². The normalized spacial score (nSPS) is 21.3. The van der Waals surface area contributed by atoms with Crippen molar-refractivity contribution in [3.8, 4) is 0 Å². The fourth-order valence-corrected chi connectivity index (χ4v) is 3.19. The van der Waals surface area contributed by atoms with Crippen LogP contribution in [-0.4, -0.2) is 30.6 Å². The molecule has 1 saturated heterocycles. The number of carbonyl (C=O) groups excluding carboxylic acids is 1. The van der Waals surface area contributed by atoms with Gasteiger partial charge in [-0.25, -0.2) is 0 Å². The minimum atomic E-state index is -0.446. The van der Waals surface area contributed by atoms with Crippen molar-refractivity contribution in [1.29, 1.82) is 0 Å². The van der Waals surface area contributed by atoms with Gasteiger partial charge < -0.3 is 9.64 Å². The third-order valence-corrected chi connectivity index (χ3v) is 4.50. The summed E-state index contributed by atoms with van der Waals surface area (Å²) in [5.41, 5.74) is 1.52. The number of halogens is 1. The Kier molecular flexibility index (Phi) is 3.96. The maximum atomic E-state index is 12.2. The Labute approximate surface area is 135 Å². The minimum Gasteiger partial charge on any atom is -0.466 e. The first kappa shape index (κ1) is 15.1. The number of ether oxygens (including phenoxy) is 1. The molecule has 1 fully saturated rings. The van der Waals surface area contributed by atoms with Crippen molar-refractivity contribution in [1.82, 2.24) is 4.98 Å². The average Bonchev–Trinajstić information content (AvgIpc) is 2.90. The monoisotopic (exact) mass is 318 g/mol. The smallest absolute Gasteiger partial charge is 0.313 e. The highest BCUT2D eigenvalue weighted by Gasteiger charge is 2.42. The van der Waals surface area contributed by atoms with Crippen LogP contribution in [0, 0.1) is 5.41 Å². The van der Waals surface area contributed by atoms with Crippen molar-refractivity contribution in [2.75, 3.05) is 24.6 Å². The van der Waals surface area contributed by atoms with Crippen molar-refractivity contribution in [2.45, 2.75) is 20.3 Å². The Morgan fingerprint density at radius 3 is 3.05 bits per heavy atom. The highest BCUT2D eigenvalue weighted by Crippen LogP contribution is 2.37. The molecule has 1 aliphatic heterocycles. The van der Waals surface area contributed by atoms with Crippen LogP contribution in [0.15, 0.2) is 30.5 Å². The Morgan fingerprint density at radius 2 is 2.27 bits per heavy atom. The predicted octanol–water partition coefficient (Wildman–Crippen LogP) is 3.67. The maximum absolute atomic E-state index is 12.2. The predicted molar refractivity (Wildman–Crippen MR) is 88.3 cm³/mol. The molecule has 1 aliphatic rings. The molecule has 0 spiro atoms. The van der Waals surface area contributed by atoms with Gasteiger partial charge in [-0.15, -0.1) is 0 Å². The van der Waals surface area contributed by atoms with Gasteiger partial charge in [-0.2, -0.15) is 0 Å². The van der Waals surface area contributed by atoms with Gasteiger partial charge in [-0.05, 0) is 44.5 Å². The fraction of sp³-hybridized carbons (Fsp3) is 0.412. The van der Waals surface area contributed by atoms with Crippen LogP contribution in [0.3, 0.4) is 0 Å². The second-order valence-electron chi connectivity index (χ2n) is 5.94. The first-order valence-corrected chi connectivity index (χ1v) is 7.88. The molecule has 1 aromatic carbocycles. The molecule has 5 heteroatoms. The second-order valence-corrected chi connectivity index (χ2v) is 6.38. The zero-order valence-electron chi connectivity index (χ0n) is 12.8. The lowest BCUT2D eigenvalue weighted by Crippen LogP contribution is -2.33. The molecule has 0 N–H and O–H groups in total. The number of aromatic nitrogens is 1. The summed E-state index contributed by atoms with van der Waals surface area (Å²) in [5.74, 6) is -0.112. The van der Waals surface area contributed by atoms with Crippen LogP contribution in [0.5, 0.6) is 0 Å². The standard InChI is InChI=1S/C17H19ClN2O2/c1-3-22-16(21)17(2)7-9-20(11-17)15-6-8-19-14-10-12(18)4-5-13(14)15/h4-6,8,10H,3,7,9,11H2,1-2H3. The molecule has 116 valence electrons. The van der Waals surface area contributed by atoms with Crippen LogP contribution in [0.4, 0.5) is 5.69 Å². The van der Waals surface area contributed by atoms with Crippen LogP contribution in [0.1, 0.15) is 20.3 Å². The van der Waals surface area contributed by atoms with E-state index in [1.807, 2.05) is 38.1 Å². The van der Waals surface area contributed by atoms with E-state index in [9.17, 15) is 4.79 Å².